The van der Waals surface area contributed by atoms with Gasteiger partial charge >= 0.3 is 0 Å². The van der Waals surface area contributed by atoms with Gasteiger partial charge in [0.2, 0.25) is 0 Å². The summed E-state index contributed by atoms with van der Waals surface area (Å²) >= 11 is 0. The van der Waals surface area contributed by atoms with Crippen LogP contribution in [0.3, 0.4) is 0 Å². The van der Waals surface area contributed by atoms with Gasteiger partial charge in [-0.3, -0.25) is 0 Å². The van der Waals surface area contributed by atoms with Crippen molar-refractivity contribution < 1.29 is 9.84 Å². The van der Waals surface area contributed by atoms with Gasteiger partial charge in [0.15, 0.2) is 5.88 Å². The summed E-state index contributed by atoms with van der Waals surface area (Å²) in [4.78, 5) is 0. The highest BCUT2D eigenvalue weighted by molar-refractivity contribution is 5.63. The molecule has 84 valence electrons. The molecule has 3 rings (SSSR count). The predicted octanol–water partition coefficient (Wildman–Crippen LogP) is 2.34. The number of hydrogen-bond acceptors (Lipinski definition) is 3. The Morgan fingerprint density at radius 1 is 1.38 bits per heavy atom. The summed E-state index contributed by atoms with van der Waals surface area (Å²) in [5.41, 5.74) is 1.93. The van der Waals surface area contributed by atoms with Crippen LogP contribution < -0.4 is 5.32 Å². The normalized spacial score (nSPS) is 27.6. The molecule has 1 aromatic carbocycles. The van der Waals surface area contributed by atoms with Gasteiger partial charge in [0.1, 0.15) is 5.60 Å². The molecule has 0 amide bonds. The molecule has 1 unspecified atom stereocenters. The number of para-hydroxylation sites is 1. The SMILES string of the molecule is CC1(O)C2=C(Nc3ccccc31)OCCC2. The maximum Gasteiger partial charge on any atom is 0.193 e. The van der Waals surface area contributed by atoms with Crippen molar-refractivity contribution in [2.45, 2.75) is 25.4 Å². The van der Waals surface area contributed by atoms with E-state index in [1.807, 2.05) is 31.2 Å². The molecular formula is C13H15NO2. The average molecular weight is 217 g/mol. The summed E-state index contributed by atoms with van der Waals surface area (Å²) in [5, 5.41) is 13.9. The zero-order valence-electron chi connectivity index (χ0n) is 9.29. The molecule has 0 aliphatic carbocycles. The van der Waals surface area contributed by atoms with E-state index in [-0.39, 0.29) is 0 Å². The van der Waals surface area contributed by atoms with E-state index in [1.165, 1.54) is 0 Å². The van der Waals surface area contributed by atoms with Crippen molar-refractivity contribution >= 4 is 5.69 Å². The van der Waals surface area contributed by atoms with E-state index >= 15 is 0 Å². The van der Waals surface area contributed by atoms with Gasteiger partial charge in [-0.1, -0.05) is 18.2 Å². The second-order valence-corrected chi connectivity index (χ2v) is 4.50. The van der Waals surface area contributed by atoms with Crippen LogP contribution in [-0.4, -0.2) is 11.7 Å². The van der Waals surface area contributed by atoms with Gasteiger partial charge in [-0.15, -0.1) is 0 Å². The summed E-state index contributed by atoms with van der Waals surface area (Å²) in [6.07, 6.45) is 1.86. The number of hydrogen-bond donors (Lipinski definition) is 2. The molecule has 0 spiro atoms. The topological polar surface area (TPSA) is 41.5 Å². The van der Waals surface area contributed by atoms with Crippen molar-refractivity contribution in [2.24, 2.45) is 0 Å². The first-order chi connectivity index (χ1) is 7.69. The third kappa shape index (κ3) is 1.25. The Balaban J connectivity index is 2.16. The quantitative estimate of drug-likeness (QED) is 0.701. The Morgan fingerprint density at radius 3 is 3.06 bits per heavy atom. The molecule has 0 saturated heterocycles. The first-order valence-corrected chi connectivity index (χ1v) is 5.65. The molecule has 2 heterocycles. The molecule has 0 fully saturated rings. The van der Waals surface area contributed by atoms with Gasteiger partial charge < -0.3 is 15.2 Å². The molecule has 0 aromatic heterocycles. The highest BCUT2D eigenvalue weighted by Crippen LogP contribution is 2.43. The number of aliphatic hydroxyl groups is 1. The summed E-state index contributed by atoms with van der Waals surface area (Å²) < 4.78 is 5.58. The largest absolute Gasteiger partial charge is 0.479 e. The van der Waals surface area contributed by atoms with E-state index in [4.69, 9.17) is 4.74 Å². The molecular weight excluding hydrogens is 202 g/mol. The van der Waals surface area contributed by atoms with Gasteiger partial charge in [0.25, 0.3) is 0 Å². The van der Waals surface area contributed by atoms with Crippen LogP contribution in [0.1, 0.15) is 25.3 Å². The number of nitrogens with one attached hydrogen (secondary N) is 1. The summed E-state index contributed by atoms with van der Waals surface area (Å²) in [6.45, 7) is 2.57. The smallest absolute Gasteiger partial charge is 0.193 e. The van der Waals surface area contributed by atoms with E-state index in [1.54, 1.807) is 0 Å². The maximum absolute atomic E-state index is 10.6. The summed E-state index contributed by atoms with van der Waals surface area (Å²) in [6, 6.07) is 7.83. The molecule has 1 aromatic rings. The van der Waals surface area contributed by atoms with Gasteiger partial charge in [-0.2, -0.15) is 0 Å². The Bertz CT molecular complexity index is 463. The van der Waals surface area contributed by atoms with Crippen LogP contribution in [0.4, 0.5) is 5.69 Å². The Morgan fingerprint density at radius 2 is 2.19 bits per heavy atom. The van der Waals surface area contributed by atoms with Gasteiger partial charge in [0.05, 0.1) is 6.61 Å². The van der Waals surface area contributed by atoms with Crippen molar-refractivity contribution in [3.05, 3.63) is 41.3 Å². The highest BCUT2D eigenvalue weighted by atomic mass is 16.5. The van der Waals surface area contributed by atoms with Crippen LogP contribution in [0.15, 0.2) is 35.7 Å². The van der Waals surface area contributed by atoms with Crippen LogP contribution in [0.25, 0.3) is 0 Å². The molecule has 3 nitrogen and oxygen atoms in total. The minimum Gasteiger partial charge on any atom is -0.479 e. The second kappa shape index (κ2) is 3.25. The number of ether oxygens (including phenoxy) is 1. The van der Waals surface area contributed by atoms with Gasteiger partial charge in [-0.05, 0) is 25.8 Å². The molecule has 0 saturated carbocycles. The third-order valence-electron chi connectivity index (χ3n) is 3.38. The fraction of sp³-hybridized carbons (Fsp3) is 0.385. The summed E-state index contributed by atoms with van der Waals surface area (Å²) in [5.74, 6) is 0.745. The molecule has 1 atom stereocenters. The number of rotatable bonds is 0. The van der Waals surface area contributed by atoms with Crippen molar-refractivity contribution in [2.75, 3.05) is 11.9 Å². The van der Waals surface area contributed by atoms with Crippen LogP contribution in [0.5, 0.6) is 0 Å². The zero-order valence-corrected chi connectivity index (χ0v) is 9.29. The average Bonchev–Trinajstić information content (AvgIpc) is 2.29. The van der Waals surface area contributed by atoms with Crippen LogP contribution in [-0.2, 0) is 10.3 Å². The number of benzene rings is 1. The van der Waals surface area contributed by atoms with Crippen molar-refractivity contribution in [1.29, 1.82) is 0 Å². The lowest BCUT2D eigenvalue weighted by atomic mass is 9.82. The standard InChI is InChI=1S/C13H15NO2/c1-13(15)9-5-2-3-7-11(9)14-12-10(13)6-4-8-16-12/h2-3,5,7,14-15H,4,6,8H2,1H3. The molecule has 2 N–H and O–H groups in total. The fourth-order valence-corrected chi connectivity index (χ4v) is 2.50. The summed E-state index contributed by atoms with van der Waals surface area (Å²) in [7, 11) is 0. The zero-order chi connectivity index (χ0) is 11.2. The first kappa shape index (κ1) is 9.73. The van der Waals surface area contributed by atoms with E-state index in [9.17, 15) is 5.11 Å². The molecule has 0 radical (unpaired) electrons. The molecule has 16 heavy (non-hydrogen) atoms. The molecule has 0 bridgehead atoms. The number of fused-ring (bicyclic) bond motifs is 1. The lowest BCUT2D eigenvalue weighted by molar-refractivity contribution is 0.0686. The third-order valence-corrected chi connectivity index (χ3v) is 3.38. The Labute approximate surface area is 94.7 Å². The van der Waals surface area contributed by atoms with E-state index in [0.717, 1.165) is 42.2 Å². The Kier molecular flexibility index (Phi) is 1.98. The van der Waals surface area contributed by atoms with E-state index in [0.29, 0.717) is 0 Å². The van der Waals surface area contributed by atoms with Crippen molar-refractivity contribution in [1.82, 2.24) is 0 Å². The maximum atomic E-state index is 10.6. The van der Waals surface area contributed by atoms with Gasteiger partial charge in [-0.25, -0.2) is 0 Å². The highest BCUT2D eigenvalue weighted by Gasteiger charge is 2.38. The van der Waals surface area contributed by atoms with Crippen molar-refractivity contribution in [3.63, 3.8) is 0 Å². The fourth-order valence-electron chi connectivity index (χ4n) is 2.50. The molecule has 2 aliphatic rings. The molecule has 2 aliphatic heterocycles. The lowest BCUT2D eigenvalue weighted by Gasteiger charge is -2.38. The van der Waals surface area contributed by atoms with Crippen LogP contribution >= 0.6 is 0 Å². The van der Waals surface area contributed by atoms with E-state index in [2.05, 4.69) is 5.32 Å². The first-order valence-electron chi connectivity index (χ1n) is 5.65. The minimum absolute atomic E-state index is 0.726. The monoisotopic (exact) mass is 217 g/mol. The van der Waals surface area contributed by atoms with Gasteiger partial charge in [0, 0.05) is 16.8 Å². The lowest BCUT2D eigenvalue weighted by Crippen LogP contribution is -2.34. The molecule has 3 heteroatoms. The van der Waals surface area contributed by atoms with Crippen LogP contribution in [0, 0.1) is 0 Å². The van der Waals surface area contributed by atoms with E-state index < -0.39 is 5.60 Å². The Hall–Kier alpha value is -1.48. The predicted molar refractivity (Wildman–Crippen MR) is 61.8 cm³/mol. The minimum atomic E-state index is -0.905. The van der Waals surface area contributed by atoms with Crippen molar-refractivity contribution in [3.8, 4) is 0 Å². The second-order valence-electron chi connectivity index (χ2n) is 4.50. The van der Waals surface area contributed by atoms with Crippen LogP contribution in [0.2, 0.25) is 0 Å². The number of anilines is 1.